The third-order valence-electron chi connectivity index (χ3n) is 9.07. The minimum Gasteiger partial charge on any atom is -0.493 e. The molecule has 4 aromatic carbocycles. The summed E-state index contributed by atoms with van der Waals surface area (Å²) in [6.45, 7) is 0.802. The van der Waals surface area contributed by atoms with Crippen LogP contribution in [0.25, 0.3) is 35.1 Å². The molecule has 1 fully saturated rings. The highest BCUT2D eigenvalue weighted by Gasteiger charge is 2.28. The van der Waals surface area contributed by atoms with E-state index < -0.39 is 0 Å². The van der Waals surface area contributed by atoms with Gasteiger partial charge < -0.3 is 4.74 Å². The Bertz CT molecular complexity index is 1820. The molecule has 0 bridgehead atoms. The van der Waals surface area contributed by atoms with Crippen molar-refractivity contribution in [3.8, 4) is 5.75 Å². The van der Waals surface area contributed by atoms with E-state index in [2.05, 4.69) is 114 Å². The molecule has 1 unspecified atom stereocenters. The van der Waals surface area contributed by atoms with Crippen molar-refractivity contribution in [3.05, 3.63) is 106 Å². The first kappa shape index (κ1) is 25.1. The molecule has 0 N–H and O–H groups in total. The summed E-state index contributed by atoms with van der Waals surface area (Å²) >= 11 is 0. The highest BCUT2D eigenvalue weighted by molar-refractivity contribution is 6.11. The van der Waals surface area contributed by atoms with Crippen molar-refractivity contribution in [2.45, 2.75) is 57.4 Å². The molecule has 0 spiro atoms. The van der Waals surface area contributed by atoms with Gasteiger partial charge in [-0.05, 0) is 51.4 Å². The van der Waals surface area contributed by atoms with Crippen LogP contribution in [0.4, 0.5) is 5.69 Å². The van der Waals surface area contributed by atoms with Gasteiger partial charge in [0.1, 0.15) is 5.75 Å². The molecule has 0 aromatic heterocycles. The summed E-state index contributed by atoms with van der Waals surface area (Å²) < 4.78 is 9.08. The monoisotopic (exact) mass is 524 g/mol. The van der Waals surface area contributed by atoms with Gasteiger partial charge in [0.25, 0.3) is 0 Å². The van der Waals surface area contributed by atoms with Crippen LogP contribution >= 0.6 is 0 Å². The molecule has 1 saturated carbocycles. The topological polar surface area (TPSA) is 12.2 Å². The van der Waals surface area contributed by atoms with Crippen molar-refractivity contribution in [1.29, 1.82) is 0 Å². The number of rotatable bonds is 6. The quantitative estimate of drug-likeness (QED) is 0.283. The summed E-state index contributed by atoms with van der Waals surface area (Å²) in [7, 11) is 0. The van der Waals surface area contributed by atoms with E-state index in [1.165, 1.54) is 75.2 Å². The van der Waals surface area contributed by atoms with Gasteiger partial charge in [0.15, 0.2) is 11.8 Å². The Hall–Kier alpha value is -3.91. The van der Waals surface area contributed by atoms with E-state index in [9.17, 15) is 0 Å². The number of ether oxygens (including phenoxy) is 1. The van der Waals surface area contributed by atoms with Gasteiger partial charge in [0.05, 0.1) is 18.4 Å². The van der Waals surface area contributed by atoms with E-state index in [0.717, 1.165) is 37.5 Å². The molecule has 0 heterocycles. The normalized spacial score (nSPS) is 19.8. The second-order valence-electron chi connectivity index (χ2n) is 11.6. The van der Waals surface area contributed by atoms with Crippen molar-refractivity contribution in [1.82, 2.24) is 0 Å². The van der Waals surface area contributed by atoms with Gasteiger partial charge in [0.2, 0.25) is 5.69 Å². The van der Waals surface area contributed by atoms with Gasteiger partial charge in [-0.25, -0.2) is 0 Å². The highest BCUT2D eigenvalue weighted by atomic mass is 16.5. The van der Waals surface area contributed by atoms with Crippen molar-refractivity contribution >= 4 is 46.5 Å². The molecular formula is C38H38NO+. The smallest absolute Gasteiger partial charge is 0.214 e. The second-order valence-corrected chi connectivity index (χ2v) is 11.6. The molecule has 3 aliphatic carbocycles. The Morgan fingerprint density at radius 1 is 0.675 bits per heavy atom. The van der Waals surface area contributed by atoms with Gasteiger partial charge >= 0.3 is 0 Å². The first-order chi connectivity index (χ1) is 19.8. The van der Waals surface area contributed by atoms with Gasteiger partial charge in [-0.15, -0.1) is 0 Å². The Morgan fingerprint density at radius 2 is 1.38 bits per heavy atom. The molecule has 0 saturated heterocycles. The minimum absolute atomic E-state index is 0.237. The fourth-order valence-corrected chi connectivity index (χ4v) is 6.95. The minimum atomic E-state index is 0.237. The lowest BCUT2D eigenvalue weighted by Gasteiger charge is -2.22. The van der Waals surface area contributed by atoms with Gasteiger partial charge in [-0.2, -0.15) is 4.58 Å². The molecule has 4 aromatic rings. The van der Waals surface area contributed by atoms with Gasteiger partial charge in [-0.1, -0.05) is 111 Å². The predicted molar refractivity (Wildman–Crippen MR) is 168 cm³/mol. The number of fused-ring (bicyclic) bond motifs is 3. The van der Waals surface area contributed by atoms with Crippen LogP contribution in [0.2, 0.25) is 0 Å². The summed E-state index contributed by atoms with van der Waals surface area (Å²) in [5.41, 5.74) is 2.59. The van der Waals surface area contributed by atoms with Crippen LogP contribution in [0.3, 0.4) is 0 Å². The average Bonchev–Trinajstić information content (AvgIpc) is 3.02. The third-order valence-corrected chi connectivity index (χ3v) is 9.07. The first-order valence-corrected chi connectivity index (χ1v) is 15.2. The Labute approximate surface area is 237 Å². The molecule has 3 aliphatic rings. The van der Waals surface area contributed by atoms with Crippen LogP contribution in [0, 0.1) is 5.92 Å². The molecule has 0 radical (unpaired) electrons. The van der Waals surface area contributed by atoms with Crippen molar-refractivity contribution in [2.24, 2.45) is 5.92 Å². The molecule has 200 valence electrons. The van der Waals surface area contributed by atoms with E-state index in [1.807, 2.05) is 0 Å². The molecule has 2 nitrogen and oxygen atoms in total. The summed E-state index contributed by atoms with van der Waals surface area (Å²) in [6, 6.07) is 31.0. The summed E-state index contributed by atoms with van der Waals surface area (Å²) in [6.07, 6.45) is 19.6. The van der Waals surface area contributed by atoms with E-state index in [-0.39, 0.29) is 6.04 Å². The zero-order chi connectivity index (χ0) is 26.7. The molecule has 2 heteroatoms. The number of hydrogen-bond acceptors (Lipinski definition) is 1. The summed E-state index contributed by atoms with van der Waals surface area (Å²) in [4.78, 5) is 0. The SMILES string of the molecule is C1=c2ccccc2=CC(=[N+](c2ccc(OCCC3CCCCC3)c3ccccc23)C2C=c3ccccc3=CC2)C1. The maximum atomic E-state index is 6.49. The lowest BCUT2D eigenvalue weighted by Crippen LogP contribution is -2.37. The maximum Gasteiger partial charge on any atom is 0.214 e. The van der Waals surface area contributed by atoms with Crippen molar-refractivity contribution in [3.63, 3.8) is 0 Å². The molecule has 7 rings (SSSR count). The van der Waals surface area contributed by atoms with E-state index in [4.69, 9.17) is 4.74 Å². The van der Waals surface area contributed by atoms with Crippen LogP contribution in [-0.2, 0) is 0 Å². The van der Waals surface area contributed by atoms with Crippen LogP contribution in [0.5, 0.6) is 5.75 Å². The largest absolute Gasteiger partial charge is 0.493 e. The molecule has 0 amide bonds. The van der Waals surface area contributed by atoms with Crippen LogP contribution in [0.15, 0.2) is 84.9 Å². The fraction of sp³-hybridized carbons (Fsp3) is 0.289. The lowest BCUT2D eigenvalue weighted by atomic mass is 9.87. The summed E-state index contributed by atoms with van der Waals surface area (Å²) in [5, 5.41) is 7.72. The maximum absolute atomic E-state index is 6.49. The van der Waals surface area contributed by atoms with Crippen molar-refractivity contribution in [2.75, 3.05) is 6.61 Å². The predicted octanol–water partition coefficient (Wildman–Crippen LogP) is 5.97. The van der Waals surface area contributed by atoms with Crippen LogP contribution in [-0.4, -0.2) is 22.9 Å². The number of hydrogen-bond donors (Lipinski definition) is 0. The van der Waals surface area contributed by atoms with Crippen molar-refractivity contribution < 1.29 is 9.31 Å². The summed E-state index contributed by atoms with van der Waals surface area (Å²) in [5.74, 6) is 1.84. The lowest BCUT2D eigenvalue weighted by molar-refractivity contribution is -0.462. The number of benzene rings is 4. The molecular weight excluding hydrogens is 486 g/mol. The third kappa shape index (κ3) is 5.04. The van der Waals surface area contributed by atoms with E-state index in [0.29, 0.717) is 0 Å². The first-order valence-electron chi connectivity index (χ1n) is 15.2. The highest BCUT2D eigenvalue weighted by Crippen LogP contribution is 2.36. The van der Waals surface area contributed by atoms with Crippen LogP contribution in [0.1, 0.15) is 51.4 Å². The zero-order valence-corrected chi connectivity index (χ0v) is 23.3. The standard InChI is InChI=1S/C38H38NO/c1-2-10-28(11-3-1)24-25-40-38-23-22-37(35-16-8-9-17-36(35)38)39(33-20-18-29-12-4-6-14-31(29)26-33)34-21-19-30-13-5-7-15-32(30)27-34/h4-9,12-19,22-23,26-28,33H,1-3,10-11,20-21,24-25H2/q+1. The van der Waals surface area contributed by atoms with E-state index >= 15 is 0 Å². The van der Waals surface area contributed by atoms with Crippen LogP contribution < -0.4 is 25.6 Å². The van der Waals surface area contributed by atoms with Gasteiger partial charge in [-0.3, -0.25) is 0 Å². The molecule has 40 heavy (non-hydrogen) atoms. The zero-order valence-electron chi connectivity index (χ0n) is 23.3. The Balaban J connectivity index is 1.33. The second kappa shape index (κ2) is 11.3. The number of nitrogens with zero attached hydrogens (tertiary/aromatic N) is 1. The van der Waals surface area contributed by atoms with Gasteiger partial charge in [0, 0.05) is 23.9 Å². The molecule has 1 atom stereocenters. The average molecular weight is 525 g/mol. The fourth-order valence-electron chi connectivity index (χ4n) is 6.95. The van der Waals surface area contributed by atoms with E-state index in [1.54, 1.807) is 0 Å². The Kier molecular flexibility index (Phi) is 7.08. The molecule has 0 aliphatic heterocycles. The Morgan fingerprint density at radius 3 is 2.20 bits per heavy atom.